The normalized spacial score (nSPS) is 19.7. The van der Waals surface area contributed by atoms with Gasteiger partial charge in [-0.1, -0.05) is 53.0 Å². The molecule has 0 bridgehead atoms. The van der Waals surface area contributed by atoms with Crippen molar-refractivity contribution >= 4 is 34.8 Å². The van der Waals surface area contributed by atoms with Crippen molar-refractivity contribution in [3.05, 3.63) is 87.4 Å². The van der Waals surface area contributed by atoms with Crippen LogP contribution in [-0.2, 0) is 27.4 Å². The zero-order valence-electron chi connectivity index (χ0n) is 17.5. The van der Waals surface area contributed by atoms with Gasteiger partial charge in [0.1, 0.15) is 6.10 Å². The van der Waals surface area contributed by atoms with Crippen molar-refractivity contribution in [3.63, 3.8) is 0 Å². The van der Waals surface area contributed by atoms with Crippen LogP contribution in [0.4, 0.5) is 0 Å². The van der Waals surface area contributed by atoms with Crippen LogP contribution in [0.1, 0.15) is 36.5 Å². The first-order valence-electron chi connectivity index (χ1n) is 10.6. The molecule has 8 heteroatoms. The SMILES string of the molecule is Clc1ccc(COC2CCCC(COC(Cn3ccnc3)c3ccc(Cl)cc3Cl)O2)cc1. The number of ether oxygens (including phenoxy) is 3. The van der Waals surface area contributed by atoms with Gasteiger partial charge in [-0.3, -0.25) is 0 Å². The second-order valence-electron chi connectivity index (χ2n) is 7.80. The Labute approximate surface area is 203 Å². The molecular weight excluding hydrogens is 471 g/mol. The van der Waals surface area contributed by atoms with Crippen molar-refractivity contribution < 1.29 is 14.2 Å². The van der Waals surface area contributed by atoms with E-state index in [-0.39, 0.29) is 18.5 Å². The molecule has 2 heterocycles. The average Bonchev–Trinajstić information content (AvgIpc) is 3.30. The van der Waals surface area contributed by atoms with Crippen LogP contribution < -0.4 is 0 Å². The van der Waals surface area contributed by atoms with Gasteiger partial charge in [0.2, 0.25) is 0 Å². The predicted molar refractivity (Wildman–Crippen MR) is 126 cm³/mol. The topological polar surface area (TPSA) is 45.5 Å². The smallest absolute Gasteiger partial charge is 0.158 e. The summed E-state index contributed by atoms with van der Waals surface area (Å²) in [4.78, 5) is 4.12. The Balaban J connectivity index is 1.34. The lowest BCUT2D eigenvalue weighted by molar-refractivity contribution is -0.213. The first kappa shape index (κ1) is 23.6. The molecule has 0 radical (unpaired) electrons. The molecule has 0 aliphatic carbocycles. The lowest BCUT2D eigenvalue weighted by atomic mass is 10.1. The van der Waals surface area contributed by atoms with Gasteiger partial charge < -0.3 is 18.8 Å². The van der Waals surface area contributed by atoms with Crippen molar-refractivity contribution in [3.8, 4) is 0 Å². The Morgan fingerprint density at radius 1 is 1.06 bits per heavy atom. The van der Waals surface area contributed by atoms with E-state index < -0.39 is 0 Å². The van der Waals surface area contributed by atoms with Crippen LogP contribution in [0.5, 0.6) is 0 Å². The van der Waals surface area contributed by atoms with E-state index >= 15 is 0 Å². The summed E-state index contributed by atoms with van der Waals surface area (Å²) in [6.07, 6.45) is 7.66. The van der Waals surface area contributed by atoms with Gasteiger partial charge in [0.05, 0.1) is 32.2 Å². The molecule has 2 aromatic carbocycles. The van der Waals surface area contributed by atoms with Gasteiger partial charge in [-0.2, -0.15) is 0 Å². The molecule has 3 atom stereocenters. The lowest BCUT2D eigenvalue weighted by Crippen LogP contribution is -2.33. The summed E-state index contributed by atoms with van der Waals surface area (Å²) in [6, 6.07) is 13.1. The maximum Gasteiger partial charge on any atom is 0.158 e. The molecule has 5 nitrogen and oxygen atoms in total. The quantitative estimate of drug-likeness (QED) is 0.331. The average molecular weight is 496 g/mol. The first-order valence-corrected chi connectivity index (χ1v) is 11.7. The Morgan fingerprint density at radius 2 is 1.88 bits per heavy atom. The number of nitrogens with zero attached hydrogens (tertiary/aromatic N) is 2. The van der Waals surface area contributed by atoms with Crippen molar-refractivity contribution in [2.75, 3.05) is 6.61 Å². The second kappa shape index (κ2) is 11.5. The zero-order valence-corrected chi connectivity index (χ0v) is 19.8. The van der Waals surface area contributed by atoms with E-state index in [0.717, 1.165) is 30.4 Å². The van der Waals surface area contributed by atoms with Crippen LogP contribution >= 0.6 is 34.8 Å². The van der Waals surface area contributed by atoms with Gasteiger partial charge >= 0.3 is 0 Å². The molecule has 170 valence electrons. The number of hydrogen-bond acceptors (Lipinski definition) is 4. The van der Waals surface area contributed by atoms with E-state index in [9.17, 15) is 0 Å². The minimum atomic E-state index is -0.257. The van der Waals surface area contributed by atoms with Crippen LogP contribution in [0, 0.1) is 0 Å². The molecule has 4 rings (SSSR count). The standard InChI is InChI=1S/C24H25Cl3N2O3/c25-18-6-4-17(5-7-18)14-31-24-3-1-2-20(32-24)15-30-23(13-29-11-10-28-16-29)21-9-8-19(26)12-22(21)27/h4-12,16,20,23-24H,1-3,13-15H2. The maximum absolute atomic E-state index is 6.47. The molecule has 1 aliphatic heterocycles. The zero-order chi connectivity index (χ0) is 22.3. The highest BCUT2D eigenvalue weighted by atomic mass is 35.5. The van der Waals surface area contributed by atoms with Crippen LogP contribution in [0.3, 0.4) is 0 Å². The molecule has 1 saturated heterocycles. The molecule has 32 heavy (non-hydrogen) atoms. The minimum absolute atomic E-state index is 0.0460. The molecule has 0 N–H and O–H groups in total. The monoisotopic (exact) mass is 494 g/mol. The Morgan fingerprint density at radius 3 is 2.62 bits per heavy atom. The summed E-state index contributed by atoms with van der Waals surface area (Å²) < 4.78 is 20.4. The molecule has 1 fully saturated rings. The number of rotatable bonds is 9. The highest BCUT2D eigenvalue weighted by molar-refractivity contribution is 6.35. The highest BCUT2D eigenvalue weighted by Gasteiger charge is 2.25. The Bertz CT molecular complexity index is 983. The second-order valence-corrected chi connectivity index (χ2v) is 9.08. The molecule has 0 spiro atoms. The Kier molecular flexibility index (Phi) is 8.47. The third kappa shape index (κ3) is 6.70. The van der Waals surface area contributed by atoms with Crippen molar-refractivity contribution in [1.82, 2.24) is 9.55 Å². The van der Waals surface area contributed by atoms with E-state index in [0.29, 0.717) is 34.8 Å². The molecular formula is C24H25Cl3N2O3. The lowest BCUT2D eigenvalue weighted by Gasteiger charge is -2.31. The predicted octanol–water partition coefficient (Wildman–Crippen LogP) is 6.71. The molecule has 1 aromatic heterocycles. The van der Waals surface area contributed by atoms with Crippen molar-refractivity contribution in [2.45, 2.75) is 50.9 Å². The molecule has 0 amide bonds. The number of imidazole rings is 1. The van der Waals surface area contributed by atoms with Crippen LogP contribution in [0.15, 0.2) is 61.2 Å². The van der Waals surface area contributed by atoms with Gasteiger partial charge in [-0.15, -0.1) is 0 Å². The van der Waals surface area contributed by atoms with Crippen LogP contribution in [0.2, 0.25) is 15.1 Å². The van der Waals surface area contributed by atoms with Crippen molar-refractivity contribution in [1.29, 1.82) is 0 Å². The molecule has 3 aromatic rings. The summed E-state index contributed by atoms with van der Waals surface area (Å²) in [5, 5.41) is 1.89. The van der Waals surface area contributed by atoms with Crippen LogP contribution in [-0.4, -0.2) is 28.6 Å². The summed E-state index contributed by atoms with van der Waals surface area (Å²) >= 11 is 18.5. The van der Waals surface area contributed by atoms with Crippen molar-refractivity contribution in [2.24, 2.45) is 0 Å². The van der Waals surface area contributed by atoms with Crippen LogP contribution in [0.25, 0.3) is 0 Å². The molecule has 0 saturated carbocycles. The summed E-state index contributed by atoms with van der Waals surface area (Å²) in [7, 11) is 0. The molecule has 3 unspecified atom stereocenters. The van der Waals surface area contributed by atoms with Gasteiger partial charge in [0, 0.05) is 33.0 Å². The summed E-state index contributed by atoms with van der Waals surface area (Å²) in [5.74, 6) is 0. The first-order chi connectivity index (χ1) is 15.6. The van der Waals surface area contributed by atoms with E-state index in [1.54, 1.807) is 18.6 Å². The highest BCUT2D eigenvalue weighted by Crippen LogP contribution is 2.31. The third-order valence-electron chi connectivity index (χ3n) is 5.39. The number of hydrogen-bond donors (Lipinski definition) is 0. The number of halogens is 3. The maximum atomic E-state index is 6.47. The fourth-order valence-electron chi connectivity index (χ4n) is 3.69. The Hall–Kier alpha value is -1.60. The minimum Gasteiger partial charge on any atom is -0.369 e. The fraction of sp³-hybridized carbons (Fsp3) is 0.375. The number of benzene rings is 2. The van der Waals surface area contributed by atoms with Gasteiger partial charge in [-0.05, 0) is 49.1 Å². The van der Waals surface area contributed by atoms with E-state index in [1.807, 2.05) is 47.2 Å². The largest absolute Gasteiger partial charge is 0.369 e. The summed E-state index contributed by atoms with van der Waals surface area (Å²) in [5.41, 5.74) is 1.95. The van der Waals surface area contributed by atoms with Gasteiger partial charge in [-0.25, -0.2) is 4.98 Å². The van der Waals surface area contributed by atoms with E-state index in [1.165, 1.54) is 0 Å². The fourth-order valence-corrected chi connectivity index (χ4v) is 4.35. The van der Waals surface area contributed by atoms with Gasteiger partial charge in [0.25, 0.3) is 0 Å². The third-order valence-corrected chi connectivity index (χ3v) is 6.20. The molecule has 1 aliphatic rings. The van der Waals surface area contributed by atoms with Gasteiger partial charge in [0.15, 0.2) is 6.29 Å². The van der Waals surface area contributed by atoms with E-state index in [2.05, 4.69) is 4.98 Å². The summed E-state index contributed by atoms with van der Waals surface area (Å²) in [6.45, 7) is 1.52. The number of aromatic nitrogens is 2. The van der Waals surface area contributed by atoms with E-state index in [4.69, 9.17) is 49.0 Å².